The molecule has 0 bridgehead atoms. The Morgan fingerprint density at radius 1 is 1.58 bits per heavy atom. The zero-order valence-electron chi connectivity index (χ0n) is 10.8. The molecule has 2 rings (SSSR count). The van der Waals surface area contributed by atoms with Gasteiger partial charge in [-0.05, 0) is 37.0 Å². The first-order chi connectivity index (χ1) is 9.11. The van der Waals surface area contributed by atoms with E-state index in [2.05, 4.69) is 4.99 Å². The van der Waals surface area contributed by atoms with Gasteiger partial charge in [0.1, 0.15) is 0 Å². The van der Waals surface area contributed by atoms with Crippen LogP contribution in [-0.4, -0.2) is 36.2 Å². The third-order valence-corrected chi connectivity index (χ3v) is 3.27. The molecule has 1 unspecified atom stereocenters. The summed E-state index contributed by atoms with van der Waals surface area (Å²) < 4.78 is 11.5. The highest BCUT2D eigenvalue weighted by molar-refractivity contribution is 5.71. The molecule has 2 fully saturated rings. The van der Waals surface area contributed by atoms with Gasteiger partial charge in [0.2, 0.25) is 0 Å². The van der Waals surface area contributed by atoms with Crippen molar-refractivity contribution < 1.29 is 14.4 Å². The highest BCUT2D eigenvalue weighted by Gasteiger charge is 2.46. The zero-order chi connectivity index (χ0) is 13.7. The quantitative estimate of drug-likeness (QED) is 0.444. The van der Waals surface area contributed by atoms with Gasteiger partial charge in [-0.3, -0.25) is 10.7 Å². The Bertz CT molecular complexity index is 384. The molecule has 1 aliphatic carbocycles. The van der Waals surface area contributed by atoms with E-state index in [1.807, 2.05) is 0 Å². The lowest BCUT2D eigenvalue weighted by Gasteiger charge is -2.27. The molecular formula is C12H19N3O4. The molecule has 106 valence electrons. The number of aliphatic imine (C=N–C) groups is 1. The Balaban J connectivity index is 1.77. The van der Waals surface area contributed by atoms with E-state index >= 15 is 0 Å². The van der Waals surface area contributed by atoms with Crippen molar-refractivity contribution in [1.29, 1.82) is 0 Å². The van der Waals surface area contributed by atoms with Crippen LogP contribution in [0, 0.1) is 10.1 Å². The fraction of sp³-hybridized carbons (Fsp3) is 0.750. The summed E-state index contributed by atoms with van der Waals surface area (Å²) in [5.41, 5.74) is 4.92. The monoisotopic (exact) mass is 269 g/mol. The van der Waals surface area contributed by atoms with Crippen molar-refractivity contribution in [2.24, 2.45) is 10.7 Å². The van der Waals surface area contributed by atoms with Gasteiger partial charge in [-0.25, -0.2) is 0 Å². The Morgan fingerprint density at radius 2 is 2.37 bits per heavy atom. The first kappa shape index (κ1) is 14.0. The van der Waals surface area contributed by atoms with E-state index in [9.17, 15) is 10.1 Å². The van der Waals surface area contributed by atoms with Crippen LogP contribution in [0.1, 0.15) is 32.1 Å². The minimum atomic E-state index is -0.648. The van der Waals surface area contributed by atoms with Crippen LogP contribution < -0.4 is 5.73 Å². The summed E-state index contributed by atoms with van der Waals surface area (Å²) in [4.78, 5) is 13.8. The van der Waals surface area contributed by atoms with Gasteiger partial charge < -0.3 is 19.6 Å². The van der Waals surface area contributed by atoms with Crippen molar-refractivity contribution in [2.45, 2.75) is 44.0 Å². The minimum absolute atomic E-state index is 0.120. The van der Waals surface area contributed by atoms with Crippen LogP contribution in [-0.2, 0) is 9.47 Å². The highest BCUT2D eigenvalue weighted by Crippen LogP contribution is 2.41. The molecule has 2 N–H and O–H groups in total. The van der Waals surface area contributed by atoms with E-state index in [0.717, 1.165) is 38.7 Å². The van der Waals surface area contributed by atoms with Crippen molar-refractivity contribution in [1.82, 2.24) is 0 Å². The highest BCUT2D eigenvalue weighted by atomic mass is 16.7. The van der Waals surface area contributed by atoms with Crippen LogP contribution in [0.4, 0.5) is 0 Å². The van der Waals surface area contributed by atoms with Crippen LogP contribution in [0.5, 0.6) is 0 Å². The summed E-state index contributed by atoms with van der Waals surface area (Å²) >= 11 is 0. The van der Waals surface area contributed by atoms with Crippen LogP contribution in [0.25, 0.3) is 0 Å². The van der Waals surface area contributed by atoms with Crippen LogP contribution in [0.15, 0.2) is 16.9 Å². The second-order valence-electron chi connectivity index (χ2n) is 4.94. The van der Waals surface area contributed by atoms with Crippen molar-refractivity contribution >= 4 is 6.21 Å². The summed E-state index contributed by atoms with van der Waals surface area (Å²) in [5.74, 6) is -0.412. The third-order valence-electron chi connectivity index (χ3n) is 3.27. The Kier molecular flexibility index (Phi) is 4.49. The molecule has 0 spiro atoms. The van der Waals surface area contributed by atoms with E-state index in [-0.39, 0.29) is 11.9 Å². The van der Waals surface area contributed by atoms with Crippen LogP contribution in [0.3, 0.4) is 0 Å². The van der Waals surface area contributed by atoms with Gasteiger partial charge in [-0.2, -0.15) is 0 Å². The van der Waals surface area contributed by atoms with Crippen molar-refractivity contribution in [3.05, 3.63) is 22.0 Å². The van der Waals surface area contributed by atoms with Gasteiger partial charge in [0, 0.05) is 18.9 Å². The van der Waals surface area contributed by atoms with Gasteiger partial charge >= 0.3 is 5.82 Å². The maximum Gasteiger partial charge on any atom is 0.315 e. The number of nitrogens with two attached hydrogens (primary N) is 1. The normalized spacial score (nSPS) is 26.5. The Morgan fingerprint density at radius 3 is 2.95 bits per heavy atom. The van der Waals surface area contributed by atoms with Crippen LogP contribution in [0.2, 0.25) is 0 Å². The molecule has 0 aromatic heterocycles. The summed E-state index contributed by atoms with van der Waals surface area (Å²) in [5, 5.41) is 10.3. The number of ether oxygens (including phenoxy) is 2. The predicted octanol–water partition coefficient (Wildman–Crippen LogP) is 1.21. The number of nitrogens with zero attached hydrogens (tertiary/aromatic N) is 2. The fourth-order valence-electron chi connectivity index (χ4n) is 1.94. The van der Waals surface area contributed by atoms with E-state index in [0.29, 0.717) is 6.54 Å². The minimum Gasteiger partial charge on any atom is -0.358 e. The molecule has 1 atom stereocenters. The molecule has 1 aliphatic heterocycles. The van der Waals surface area contributed by atoms with Gasteiger partial charge in [-0.1, -0.05) is 0 Å². The van der Waals surface area contributed by atoms with Crippen molar-refractivity contribution in [2.75, 3.05) is 13.2 Å². The van der Waals surface area contributed by atoms with E-state index < -0.39 is 10.7 Å². The standard InChI is InChI=1S/C12H19N3O4/c13-10(15(16)17)4-7-14-9-12(5-6-12)19-11-3-1-2-8-18-11/h4,7,11H,1-3,5-6,8-9,13H2/b10-4+,14-7?. The first-order valence-corrected chi connectivity index (χ1v) is 6.51. The topological polar surface area (TPSA) is 100.0 Å². The van der Waals surface area contributed by atoms with E-state index in [4.69, 9.17) is 15.2 Å². The second kappa shape index (κ2) is 6.12. The average Bonchev–Trinajstić information content (AvgIpc) is 3.15. The van der Waals surface area contributed by atoms with Gasteiger partial charge in [0.05, 0.1) is 12.1 Å². The SMILES string of the molecule is N/C(=C\C=NCC1(OC2CCCCO2)CC1)[N+](=O)[O-]. The number of rotatable bonds is 6. The van der Waals surface area contributed by atoms with Gasteiger partial charge in [0.15, 0.2) is 6.29 Å². The van der Waals surface area contributed by atoms with Crippen molar-refractivity contribution in [3.8, 4) is 0 Å². The summed E-state index contributed by atoms with van der Waals surface area (Å²) in [7, 11) is 0. The lowest BCUT2D eigenvalue weighted by molar-refractivity contribution is -0.426. The summed E-state index contributed by atoms with van der Waals surface area (Å²) in [6.07, 6.45) is 7.50. The number of allylic oxidation sites excluding steroid dienone is 1. The Hall–Kier alpha value is -1.47. The molecule has 0 amide bonds. The fourth-order valence-corrected chi connectivity index (χ4v) is 1.94. The maximum atomic E-state index is 10.3. The molecule has 0 aromatic rings. The average molecular weight is 269 g/mol. The van der Waals surface area contributed by atoms with Gasteiger partial charge in [0.25, 0.3) is 0 Å². The molecule has 1 heterocycles. The number of hydrogen-bond donors (Lipinski definition) is 1. The van der Waals surface area contributed by atoms with Crippen molar-refractivity contribution in [3.63, 3.8) is 0 Å². The van der Waals surface area contributed by atoms with E-state index in [1.54, 1.807) is 0 Å². The molecule has 2 aliphatic rings. The maximum absolute atomic E-state index is 10.3. The molecule has 1 saturated carbocycles. The number of nitro groups is 1. The molecular weight excluding hydrogens is 250 g/mol. The lowest BCUT2D eigenvalue weighted by atomic mass is 10.2. The zero-order valence-corrected chi connectivity index (χ0v) is 10.8. The molecule has 0 aromatic carbocycles. The summed E-state index contributed by atoms with van der Waals surface area (Å²) in [6, 6.07) is 0. The lowest BCUT2D eigenvalue weighted by Crippen LogP contribution is -2.30. The second-order valence-corrected chi connectivity index (χ2v) is 4.94. The van der Waals surface area contributed by atoms with E-state index in [1.165, 1.54) is 12.3 Å². The molecule has 19 heavy (non-hydrogen) atoms. The molecule has 7 nitrogen and oxygen atoms in total. The first-order valence-electron chi connectivity index (χ1n) is 6.51. The molecule has 1 saturated heterocycles. The largest absolute Gasteiger partial charge is 0.358 e. The van der Waals surface area contributed by atoms with Crippen LogP contribution >= 0.6 is 0 Å². The van der Waals surface area contributed by atoms with Gasteiger partial charge in [-0.15, -0.1) is 0 Å². The molecule has 0 radical (unpaired) electrons. The summed E-state index contributed by atoms with van der Waals surface area (Å²) in [6.45, 7) is 1.25. The number of hydrogen-bond acceptors (Lipinski definition) is 6. The smallest absolute Gasteiger partial charge is 0.315 e. The molecule has 7 heteroatoms. The predicted molar refractivity (Wildman–Crippen MR) is 69.3 cm³/mol. The Labute approximate surface area is 111 Å². The third kappa shape index (κ3) is 4.29.